The van der Waals surface area contributed by atoms with Gasteiger partial charge in [0.05, 0.1) is 6.17 Å². The minimum Gasteiger partial charge on any atom is -0.374 e. The van der Waals surface area contributed by atoms with Crippen molar-refractivity contribution in [2.24, 2.45) is 0 Å². The molecule has 0 rings (SSSR count). The fraction of sp³-hybridized carbons (Fsp3) is 1.00. The molecule has 6 heteroatoms. The lowest BCUT2D eigenvalue weighted by Gasteiger charge is -2.30. The van der Waals surface area contributed by atoms with Crippen molar-refractivity contribution in [1.29, 1.82) is 0 Å². The van der Waals surface area contributed by atoms with Crippen LogP contribution in [-0.4, -0.2) is 47.9 Å². The number of unbranched alkanes of at least 4 members (excludes halogenated alkanes) is 2. The quantitative estimate of drug-likeness (QED) is 0.239. The van der Waals surface area contributed by atoms with Crippen molar-refractivity contribution in [3.63, 3.8) is 0 Å². The minimum atomic E-state index is -2.53. The van der Waals surface area contributed by atoms with E-state index in [2.05, 4.69) is 24.5 Å². The summed E-state index contributed by atoms with van der Waals surface area (Å²) in [6, 6.07) is 0.853. The van der Waals surface area contributed by atoms with Crippen molar-refractivity contribution >= 4 is 8.80 Å². The molecule has 23 heavy (non-hydrogen) atoms. The Kier molecular flexibility index (Phi) is 15.6. The second-order valence-corrected chi connectivity index (χ2v) is 8.42. The molecule has 0 saturated heterocycles. The van der Waals surface area contributed by atoms with Crippen LogP contribution in [-0.2, 0) is 13.3 Å². The molecule has 0 saturated carbocycles. The third-order valence-corrected chi connectivity index (χ3v) is 6.76. The molecule has 5 nitrogen and oxygen atoms in total. The fourth-order valence-electron chi connectivity index (χ4n) is 2.50. The van der Waals surface area contributed by atoms with E-state index >= 15 is 0 Å². The van der Waals surface area contributed by atoms with Crippen molar-refractivity contribution < 1.29 is 13.3 Å². The van der Waals surface area contributed by atoms with E-state index < -0.39 is 8.80 Å². The normalized spacial score (nSPS) is 12.3. The smallest absolute Gasteiger partial charge is 0.374 e. The number of rotatable bonds is 17. The fourth-order valence-corrected chi connectivity index (χ4v) is 5.15. The van der Waals surface area contributed by atoms with E-state index in [4.69, 9.17) is 13.3 Å². The first-order chi connectivity index (χ1) is 11.2. The van der Waals surface area contributed by atoms with Gasteiger partial charge in [-0.15, -0.1) is 0 Å². The highest BCUT2D eigenvalue weighted by Gasteiger charge is 2.40. The molecule has 0 aliphatic heterocycles. The highest BCUT2D eigenvalue weighted by atomic mass is 28.4. The molecule has 2 N–H and O–H groups in total. The molecule has 0 spiro atoms. The van der Waals surface area contributed by atoms with Crippen LogP contribution in [0.25, 0.3) is 0 Å². The summed E-state index contributed by atoms with van der Waals surface area (Å²) < 4.78 is 17.9. The molecule has 0 aromatic rings. The van der Waals surface area contributed by atoms with E-state index in [1.165, 1.54) is 25.7 Å². The number of hydrogen-bond acceptors (Lipinski definition) is 5. The van der Waals surface area contributed by atoms with Crippen LogP contribution in [0.5, 0.6) is 0 Å². The van der Waals surface area contributed by atoms with Crippen LogP contribution in [0.15, 0.2) is 0 Å². The summed E-state index contributed by atoms with van der Waals surface area (Å²) >= 11 is 0. The maximum atomic E-state index is 5.95. The third kappa shape index (κ3) is 11.2. The Morgan fingerprint density at radius 1 is 0.739 bits per heavy atom. The predicted octanol–water partition coefficient (Wildman–Crippen LogP) is 3.53. The third-order valence-electron chi connectivity index (χ3n) is 3.67. The molecule has 140 valence electrons. The molecule has 0 aromatic heterocycles. The molecular formula is C17H40N2O3Si. The lowest BCUT2D eigenvalue weighted by atomic mass is 10.3. The van der Waals surface area contributed by atoms with Crippen molar-refractivity contribution in [1.82, 2.24) is 10.6 Å². The molecular weight excluding hydrogens is 308 g/mol. The van der Waals surface area contributed by atoms with Crippen molar-refractivity contribution in [2.75, 3.05) is 32.9 Å². The first-order valence-corrected chi connectivity index (χ1v) is 11.5. The van der Waals surface area contributed by atoms with Crippen molar-refractivity contribution in [3.8, 4) is 0 Å². The van der Waals surface area contributed by atoms with Gasteiger partial charge in [-0.3, -0.25) is 0 Å². The van der Waals surface area contributed by atoms with Crippen LogP contribution in [0, 0.1) is 0 Å². The molecule has 0 heterocycles. The topological polar surface area (TPSA) is 51.8 Å². The Morgan fingerprint density at radius 2 is 1.17 bits per heavy atom. The van der Waals surface area contributed by atoms with Gasteiger partial charge in [-0.1, -0.05) is 26.7 Å². The van der Waals surface area contributed by atoms with Crippen LogP contribution in [0.1, 0.15) is 66.7 Å². The Balaban J connectivity index is 4.56. The SMILES string of the molecule is CCCCNC(CC[Si](OCC)(OCC)OCC)NCCCC. The average molecular weight is 349 g/mol. The predicted molar refractivity (Wildman–Crippen MR) is 99.7 cm³/mol. The second kappa shape index (κ2) is 15.5. The van der Waals surface area contributed by atoms with Crippen LogP contribution < -0.4 is 10.6 Å². The highest BCUT2D eigenvalue weighted by molar-refractivity contribution is 6.60. The van der Waals surface area contributed by atoms with Gasteiger partial charge in [-0.05, 0) is 53.1 Å². The van der Waals surface area contributed by atoms with Gasteiger partial charge in [-0.25, -0.2) is 0 Å². The number of hydrogen-bond donors (Lipinski definition) is 2. The summed E-state index contributed by atoms with van der Waals surface area (Å²) in [5.41, 5.74) is 0. The molecule has 0 radical (unpaired) electrons. The van der Waals surface area contributed by atoms with Gasteiger partial charge in [0.25, 0.3) is 0 Å². The van der Waals surface area contributed by atoms with Crippen molar-refractivity contribution in [2.45, 2.75) is 78.9 Å². The van der Waals surface area contributed by atoms with E-state index in [9.17, 15) is 0 Å². The highest BCUT2D eigenvalue weighted by Crippen LogP contribution is 2.19. The van der Waals surface area contributed by atoms with Gasteiger partial charge in [0.1, 0.15) is 0 Å². The molecule has 0 fully saturated rings. The largest absolute Gasteiger partial charge is 0.501 e. The molecule has 0 aliphatic carbocycles. The standard InChI is InChI=1S/C17H40N2O3Si/c1-6-11-14-18-17(19-15-12-7-2)13-16-23(20-8-3,21-9-4)22-10-5/h17-19H,6-16H2,1-5H3. The van der Waals surface area contributed by atoms with E-state index in [0.29, 0.717) is 26.0 Å². The zero-order valence-electron chi connectivity index (χ0n) is 16.1. The summed E-state index contributed by atoms with van der Waals surface area (Å²) in [5, 5.41) is 7.25. The minimum absolute atomic E-state index is 0.307. The average Bonchev–Trinajstić information content (AvgIpc) is 2.53. The van der Waals surface area contributed by atoms with Gasteiger partial charge in [0.2, 0.25) is 0 Å². The maximum absolute atomic E-state index is 5.95. The lowest BCUT2D eigenvalue weighted by molar-refractivity contribution is 0.0696. The molecule has 0 amide bonds. The summed E-state index contributed by atoms with van der Waals surface area (Å²) in [5.74, 6) is 0. The van der Waals surface area contributed by atoms with Gasteiger partial charge in [0.15, 0.2) is 0 Å². The second-order valence-electron chi connectivity index (χ2n) is 5.69. The van der Waals surface area contributed by atoms with Crippen molar-refractivity contribution in [3.05, 3.63) is 0 Å². The van der Waals surface area contributed by atoms with Crippen LogP contribution >= 0.6 is 0 Å². The van der Waals surface area contributed by atoms with E-state index in [0.717, 1.165) is 25.6 Å². The Labute approximate surface area is 145 Å². The molecule has 0 aliphatic rings. The summed E-state index contributed by atoms with van der Waals surface area (Å²) in [6.45, 7) is 14.5. The lowest BCUT2D eigenvalue weighted by Crippen LogP contribution is -2.49. The van der Waals surface area contributed by atoms with Gasteiger partial charge in [0, 0.05) is 25.9 Å². The Bertz CT molecular complexity index is 231. The van der Waals surface area contributed by atoms with E-state index in [1.807, 2.05) is 20.8 Å². The maximum Gasteiger partial charge on any atom is 0.501 e. The van der Waals surface area contributed by atoms with Crippen LogP contribution in [0.3, 0.4) is 0 Å². The number of nitrogens with one attached hydrogen (secondary N) is 2. The van der Waals surface area contributed by atoms with E-state index in [-0.39, 0.29) is 0 Å². The Hall–Kier alpha value is 0.0169. The molecule has 0 unspecified atom stereocenters. The van der Waals surface area contributed by atoms with Gasteiger partial charge in [-0.2, -0.15) is 0 Å². The summed E-state index contributed by atoms with van der Waals surface area (Å²) in [7, 11) is -2.53. The first-order valence-electron chi connectivity index (χ1n) is 9.56. The Morgan fingerprint density at radius 3 is 1.52 bits per heavy atom. The summed E-state index contributed by atoms with van der Waals surface area (Å²) in [6.07, 6.45) is 6.11. The van der Waals surface area contributed by atoms with Crippen LogP contribution in [0.4, 0.5) is 0 Å². The van der Waals surface area contributed by atoms with Gasteiger partial charge >= 0.3 is 8.80 Å². The zero-order chi connectivity index (χ0) is 17.4. The molecule has 0 aromatic carbocycles. The van der Waals surface area contributed by atoms with Gasteiger partial charge < -0.3 is 23.9 Å². The summed E-state index contributed by atoms with van der Waals surface area (Å²) in [4.78, 5) is 0. The zero-order valence-corrected chi connectivity index (χ0v) is 17.1. The monoisotopic (exact) mass is 348 g/mol. The van der Waals surface area contributed by atoms with Crippen LogP contribution in [0.2, 0.25) is 6.04 Å². The van der Waals surface area contributed by atoms with E-state index in [1.54, 1.807) is 0 Å². The first kappa shape index (κ1) is 23.0. The molecule has 0 bridgehead atoms. The molecule has 0 atom stereocenters.